The van der Waals surface area contributed by atoms with Crippen molar-refractivity contribution in [2.45, 2.75) is 31.8 Å². The SMILES string of the molecule is CCNCC(c1ccccc1)N(C)C1CCN(C)CC1. The fraction of sp³-hybridized carbons (Fsp3) is 0.647. The first-order chi connectivity index (χ1) is 9.72. The molecule has 0 saturated carbocycles. The first kappa shape index (κ1) is 15.5. The van der Waals surface area contributed by atoms with Crippen molar-refractivity contribution in [2.24, 2.45) is 0 Å². The summed E-state index contributed by atoms with van der Waals surface area (Å²) in [5.41, 5.74) is 1.43. The third-order valence-electron chi connectivity index (χ3n) is 4.53. The zero-order valence-corrected chi connectivity index (χ0v) is 13.2. The van der Waals surface area contributed by atoms with Gasteiger partial charge in [0.2, 0.25) is 0 Å². The highest BCUT2D eigenvalue weighted by Gasteiger charge is 2.26. The topological polar surface area (TPSA) is 18.5 Å². The van der Waals surface area contributed by atoms with Crippen LogP contribution in [0.25, 0.3) is 0 Å². The number of likely N-dealkylation sites (N-methyl/N-ethyl adjacent to an activating group) is 2. The van der Waals surface area contributed by atoms with E-state index in [1.165, 1.54) is 31.5 Å². The second kappa shape index (κ2) is 7.77. The monoisotopic (exact) mass is 275 g/mol. The van der Waals surface area contributed by atoms with Crippen LogP contribution in [0.4, 0.5) is 0 Å². The van der Waals surface area contributed by atoms with Crippen LogP contribution in [-0.2, 0) is 0 Å². The minimum atomic E-state index is 0.476. The summed E-state index contributed by atoms with van der Waals surface area (Å²) in [6, 6.07) is 12.1. The molecule has 0 spiro atoms. The van der Waals surface area contributed by atoms with Crippen molar-refractivity contribution in [3.63, 3.8) is 0 Å². The lowest BCUT2D eigenvalue weighted by molar-refractivity contribution is 0.106. The molecule has 0 bridgehead atoms. The number of hydrogen-bond donors (Lipinski definition) is 1. The van der Waals surface area contributed by atoms with E-state index in [2.05, 4.69) is 66.5 Å². The van der Waals surface area contributed by atoms with Gasteiger partial charge in [0.1, 0.15) is 0 Å². The molecule has 1 saturated heterocycles. The Morgan fingerprint density at radius 3 is 2.50 bits per heavy atom. The summed E-state index contributed by atoms with van der Waals surface area (Å²) in [6.07, 6.45) is 2.56. The maximum atomic E-state index is 3.52. The number of likely N-dealkylation sites (tertiary alicyclic amines) is 1. The first-order valence-electron chi connectivity index (χ1n) is 7.88. The molecule has 20 heavy (non-hydrogen) atoms. The molecule has 0 radical (unpaired) electrons. The minimum Gasteiger partial charge on any atom is -0.315 e. The molecule has 1 aliphatic rings. The van der Waals surface area contributed by atoms with Gasteiger partial charge in [-0.25, -0.2) is 0 Å². The molecule has 1 N–H and O–H groups in total. The minimum absolute atomic E-state index is 0.476. The van der Waals surface area contributed by atoms with Gasteiger partial charge in [0.25, 0.3) is 0 Å². The van der Waals surface area contributed by atoms with Gasteiger partial charge in [-0.3, -0.25) is 4.90 Å². The largest absolute Gasteiger partial charge is 0.315 e. The summed E-state index contributed by atoms with van der Waals surface area (Å²) in [6.45, 7) is 6.68. The lowest BCUT2D eigenvalue weighted by Crippen LogP contribution is -2.45. The molecule has 1 heterocycles. The molecule has 3 nitrogen and oxygen atoms in total. The maximum absolute atomic E-state index is 3.52. The number of piperidine rings is 1. The van der Waals surface area contributed by atoms with Crippen LogP contribution in [0.3, 0.4) is 0 Å². The quantitative estimate of drug-likeness (QED) is 0.860. The molecule has 0 aliphatic carbocycles. The van der Waals surface area contributed by atoms with Gasteiger partial charge in [0, 0.05) is 18.6 Å². The van der Waals surface area contributed by atoms with Crippen molar-refractivity contribution in [2.75, 3.05) is 40.3 Å². The van der Waals surface area contributed by atoms with E-state index in [-0.39, 0.29) is 0 Å². The lowest BCUT2D eigenvalue weighted by atomic mass is 9.98. The van der Waals surface area contributed by atoms with E-state index in [1.807, 2.05) is 0 Å². The molecule has 0 amide bonds. The highest BCUT2D eigenvalue weighted by Crippen LogP contribution is 2.25. The van der Waals surface area contributed by atoms with Gasteiger partial charge < -0.3 is 10.2 Å². The molecule has 3 heteroatoms. The van der Waals surface area contributed by atoms with Crippen LogP contribution >= 0.6 is 0 Å². The van der Waals surface area contributed by atoms with E-state index >= 15 is 0 Å². The summed E-state index contributed by atoms with van der Waals surface area (Å²) < 4.78 is 0. The Balaban J connectivity index is 2.05. The third kappa shape index (κ3) is 4.05. The van der Waals surface area contributed by atoms with Gasteiger partial charge >= 0.3 is 0 Å². The fourth-order valence-corrected chi connectivity index (χ4v) is 3.11. The molecule has 1 unspecified atom stereocenters. The molecule has 1 fully saturated rings. The number of hydrogen-bond acceptors (Lipinski definition) is 3. The maximum Gasteiger partial charge on any atom is 0.0472 e. The lowest BCUT2D eigenvalue weighted by Gasteiger charge is -2.39. The van der Waals surface area contributed by atoms with E-state index in [0.29, 0.717) is 12.1 Å². The van der Waals surface area contributed by atoms with Crippen molar-refractivity contribution in [1.29, 1.82) is 0 Å². The molecule has 1 aliphatic heterocycles. The summed E-state index contributed by atoms with van der Waals surface area (Å²) in [5.74, 6) is 0. The second-order valence-electron chi connectivity index (χ2n) is 5.93. The summed E-state index contributed by atoms with van der Waals surface area (Å²) in [5, 5.41) is 3.52. The zero-order valence-electron chi connectivity index (χ0n) is 13.2. The van der Waals surface area contributed by atoms with Gasteiger partial charge in [-0.15, -0.1) is 0 Å². The van der Waals surface area contributed by atoms with Crippen molar-refractivity contribution in [3.05, 3.63) is 35.9 Å². The average Bonchev–Trinajstić information content (AvgIpc) is 2.49. The molecular weight excluding hydrogens is 246 g/mol. The van der Waals surface area contributed by atoms with Crippen LogP contribution in [0.15, 0.2) is 30.3 Å². The van der Waals surface area contributed by atoms with Crippen molar-refractivity contribution in [1.82, 2.24) is 15.1 Å². The standard InChI is InChI=1S/C17H29N3/c1-4-18-14-17(15-8-6-5-7-9-15)20(3)16-10-12-19(2)13-11-16/h5-9,16-18H,4,10-14H2,1-3H3. The van der Waals surface area contributed by atoms with Crippen molar-refractivity contribution < 1.29 is 0 Å². The number of nitrogens with zero attached hydrogens (tertiary/aromatic N) is 2. The van der Waals surface area contributed by atoms with Crippen molar-refractivity contribution in [3.8, 4) is 0 Å². The van der Waals surface area contributed by atoms with Gasteiger partial charge in [0.15, 0.2) is 0 Å². The second-order valence-corrected chi connectivity index (χ2v) is 5.93. The third-order valence-corrected chi connectivity index (χ3v) is 4.53. The zero-order chi connectivity index (χ0) is 14.4. The molecule has 112 valence electrons. The van der Waals surface area contributed by atoms with Crippen LogP contribution in [0.2, 0.25) is 0 Å². The molecule has 2 rings (SSSR count). The smallest absolute Gasteiger partial charge is 0.0472 e. The van der Waals surface area contributed by atoms with E-state index in [9.17, 15) is 0 Å². The van der Waals surface area contributed by atoms with Crippen LogP contribution in [0.1, 0.15) is 31.4 Å². The normalized spacial score (nSPS) is 19.4. The Bertz CT molecular complexity index is 371. The average molecular weight is 275 g/mol. The Labute approximate surface area is 124 Å². The molecular formula is C17H29N3. The molecule has 0 aromatic heterocycles. The molecule has 1 aromatic carbocycles. The van der Waals surface area contributed by atoms with Crippen molar-refractivity contribution >= 4 is 0 Å². The fourth-order valence-electron chi connectivity index (χ4n) is 3.11. The highest BCUT2D eigenvalue weighted by molar-refractivity contribution is 5.19. The van der Waals surface area contributed by atoms with E-state index in [4.69, 9.17) is 0 Å². The Morgan fingerprint density at radius 2 is 1.90 bits per heavy atom. The van der Waals surface area contributed by atoms with Gasteiger partial charge in [-0.05, 0) is 52.1 Å². The van der Waals surface area contributed by atoms with Crippen LogP contribution in [0, 0.1) is 0 Å². The van der Waals surface area contributed by atoms with Crippen LogP contribution < -0.4 is 5.32 Å². The van der Waals surface area contributed by atoms with Gasteiger partial charge in [-0.2, -0.15) is 0 Å². The van der Waals surface area contributed by atoms with Crippen LogP contribution in [-0.4, -0.2) is 56.1 Å². The summed E-state index contributed by atoms with van der Waals surface area (Å²) in [7, 11) is 4.52. The van der Waals surface area contributed by atoms with Gasteiger partial charge in [-0.1, -0.05) is 37.3 Å². The van der Waals surface area contributed by atoms with E-state index in [0.717, 1.165) is 13.1 Å². The predicted molar refractivity (Wildman–Crippen MR) is 86.0 cm³/mol. The van der Waals surface area contributed by atoms with Crippen LogP contribution in [0.5, 0.6) is 0 Å². The highest BCUT2D eigenvalue weighted by atomic mass is 15.2. The molecule has 1 aromatic rings. The van der Waals surface area contributed by atoms with E-state index in [1.54, 1.807) is 0 Å². The number of rotatable bonds is 6. The first-order valence-corrected chi connectivity index (χ1v) is 7.88. The van der Waals surface area contributed by atoms with Gasteiger partial charge in [0.05, 0.1) is 0 Å². The molecule has 1 atom stereocenters. The Hall–Kier alpha value is -0.900. The number of nitrogens with one attached hydrogen (secondary N) is 1. The summed E-state index contributed by atoms with van der Waals surface area (Å²) in [4.78, 5) is 5.02. The summed E-state index contributed by atoms with van der Waals surface area (Å²) >= 11 is 0. The van der Waals surface area contributed by atoms with E-state index < -0.39 is 0 Å². The number of benzene rings is 1. The Morgan fingerprint density at radius 1 is 1.25 bits per heavy atom. The Kier molecular flexibility index (Phi) is 6.02. The predicted octanol–water partition coefficient (Wildman–Crippen LogP) is 2.36.